The maximum Gasteiger partial charge on any atom is 0.325 e. The predicted molar refractivity (Wildman–Crippen MR) is 58.0 cm³/mol. The molecule has 0 saturated carbocycles. The molecule has 0 bridgehead atoms. The molecule has 1 atom stereocenters. The molecule has 15 heavy (non-hydrogen) atoms. The molecule has 80 valence electrons. The summed E-state index contributed by atoms with van der Waals surface area (Å²) in [7, 11) is 0. The minimum absolute atomic E-state index is 0.572. The monoisotopic (exact) mass is 225 g/mol. The van der Waals surface area contributed by atoms with Crippen molar-refractivity contribution in [1.82, 2.24) is 0 Å². The van der Waals surface area contributed by atoms with E-state index in [0.29, 0.717) is 10.6 Å². The summed E-state index contributed by atoms with van der Waals surface area (Å²) in [5.41, 5.74) is 8.52. The first-order chi connectivity index (χ1) is 7.09. The summed E-state index contributed by atoms with van der Waals surface area (Å²) in [6.45, 7) is 0. The van der Waals surface area contributed by atoms with Gasteiger partial charge in [0.1, 0.15) is 6.04 Å². The van der Waals surface area contributed by atoms with Gasteiger partial charge in [0.15, 0.2) is 0 Å². The number of halogens is 1. The van der Waals surface area contributed by atoms with Gasteiger partial charge in [-0.05, 0) is 48.1 Å². The van der Waals surface area contributed by atoms with Crippen molar-refractivity contribution in [2.24, 2.45) is 5.73 Å². The van der Waals surface area contributed by atoms with Gasteiger partial charge >= 0.3 is 5.97 Å². The minimum atomic E-state index is -1.01. The fourth-order valence-electron chi connectivity index (χ4n) is 2.11. The lowest BCUT2D eigenvalue weighted by Crippen LogP contribution is -2.22. The van der Waals surface area contributed by atoms with Crippen molar-refractivity contribution in [3.8, 4) is 0 Å². The second-order valence-electron chi connectivity index (χ2n) is 3.80. The average molecular weight is 226 g/mol. The molecule has 2 rings (SSSR count). The van der Waals surface area contributed by atoms with Gasteiger partial charge < -0.3 is 10.8 Å². The standard InChI is InChI=1S/C11H12ClNO2/c12-7-4-6-2-1-3-8(6)9(5-7)10(13)11(14)15/h4-5,10H,1-3,13H2,(H,14,15). The average Bonchev–Trinajstić information content (AvgIpc) is 2.62. The SMILES string of the molecule is NC(C(=O)O)c1cc(Cl)cc2c1CCC2. The lowest BCUT2D eigenvalue weighted by Gasteiger charge is -2.13. The molecule has 0 aromatic heterocycles. The quantitative estimate of drug-likeness (QED) is 0.808. The van der Waals surface area contributed by atoms with E-state index >= 15 is 0 Å². The Bertz CT molecular complexity index is 417. The van der Waals surface area contributed by atoms with Gasteiger partial charge in [0, 0.05) is 5.02 Å². The van der Waals surface area contributed by atoms with Gasteiger partial charge in [-0.2, -0.15) is 0 Å². The normalized spacial score (nSPS) is 16.1. The number of carbonyl (C=O) groups is 1. The van der Waals surface area contributed by atoms with E-state index < -0.39 is 12.0 Å². The molecular weight excluding hydrogens is 214 g/mol. The van der Waals surface area contributed by atoms with E-state index in [9.17, 15) is 4.79 Å². The third-order valence-electron chi connectivity index (χ3n) is 2.82. The lowest BCUT2D eigenvalue weighted by molar-refractivity contribution is -0.138. The number of nitrogens with two attached hydrogens (primary N) is 1. The summed E-state index contributed by atoms with van der Waals surface area (Å²) in [4.78, 5) is 10.8. The Morgan fingerprint density at radius 3 is 2.87 bits per heavy atom. The highest BCUT2D eigenvalue weighted by Crippen LogP contribution is 2.31. The molecule has 0 saturated heterocycles. The van der Waals surface area contributed by atoms with Crippen LogP contribution in [-0.4, -0.2) is 11.1 Å². The van der Waals surface area contributed by atoms with Gasteiger partial charge in [-0.15, -0.1) is 0 Å². The molecule has 1 aliphatic rings. The Morgan fingerprint density at radius 1 is 1.47 bits per heavy atom. The van der Waals surface area contributed by atoms with Crippen molar-refractivity contribution in [1.29, 1.82) is 0 Å². The van der Waals surface area contributed by atoms with Crippen molar-refractivity contribution >= 4 is 17.6 Å². The van der Waals surface area contributed by atoms with Crippen LogP contribution in [0.4, 0.5) is 0 Å². The molecule has 1 aromatic rings. The highest BCUT2D eigenvalue weighted by atomic mass is 35.5. The van der Waals surface area contributed by atoms with Crippen LogP contribution in [0, 0.1) is 0 Å². The van der Waals surface area contributed by atoms with Crippen LogP contribution in [0.25, 0.3) is 0 Å². The van der Waals surface area contributed by atoms with E-state index in [-0.39, 0.29) is 0 Å². The summed E-state index contributed by atoms with van der Waals surface area (Å²) in [5.74, 6) is -1.01. The molecule has 0 radical (unpaired) electrons. The molecule has 0 heterocycles. The van der Waals surface area contributed by atoms with E-state index in [1.807, 2.05) is 6.07 Å². The zero-order valence-corrected chi connectivity index (χ0v) is 8.92. The van der Waals surface area contributed by atoms with E-state index in [4.69, 9.17) is 22.4 Å². The van der Waals surface area contributed by atoms with Gasteiger partial charge in [0.25, 0.3) is 0 Å². The molecule has 3 nitrogen and oxygen atoms in total. The first-order valence-corrected chi connectivity index (χ1v) is 5.27. The van der Waals surface area contributed by atoms with Crippen LogP contribution >= 0.6 is 11.6 Å². The Labute approximate surface area is 92.8 Å². The third-order valence-corrected chi connectivity index (χ3v) is 3.03. The van der Waals surface area contributed by atoms with Crippen molar-refractivity contribution < 1.29 is 9.90 Å². The second-order valence-corrected chi connectivity index (χ2v) is 4.24. The van der Waals surface area contributed by atoms with Crippen LogP contribution in [-0.2, 0) is 17.6 Å². The Kier molecular flexibility index (Phi) is 2.67. The van der Waals surface area contributed by atoms with E-state index in [1.54, 1.807) is 6.07 Å². The van der Waals surface area contributed by atoms with Crippen LogP contribution in [0.2, 0.25) is 5.02 Å². The molecular formula is C11H12ClNO2. The summed E-state index contributed by atoms with van der Waals surface area (Å²) in [6.07, 6.45) is 2.92. The van der Waals surface area contributed by atoms with Crippen LogP contribution in [0.15, 0.2) is 12.1 Å². The molecule has 4 heteroatoms. The molecule has 0 fully saturated rings. The Balaban J connectivity index is 2.51. The molecule has 3 N–H and O–H groups in total. The number of aliphatic carboxylic acids is 1. The number of carboxylic acids is 1. The summed E-state index contributed by atoms with van der Waals surface area (Å²) in [5, 5.41) is 9.46. The lowest BCUT2D eigenvalue weighted by atomic mass is 9.98. The maximum atomic E-state index is 10.8. The van der Waals surface area contributed by atoms with Crippen molar-refractivity contribution in [2.75, 3.05) is 0 Å². The zero-order chi connectivity index (χ0) is 11.0. The van der Waals surface area contributed by atoms with Crippen molar-refractivity contribution in [2.45, 2.75) is 25.3 Å². The number of fused-ring (bicyclic) bond motifs is 1. The van der Waals surface area contributed by atoms with Gasteiger partial charge in [0.2, 0.25) is 0 Å². The van der Waals surface area contributed by atoms with Gasteiger partial charge in [0.05, 0.1) is 0 Å². The zero-order valence-electron chi connectivity index (χ0n) is 8.16. The number of hydrogen-bond acceptors (Lipinski definition) is 2. The topological polar surface area (TPSA) is 63.3 Å². The van der Waals surface area contributed by atoms with Crippen LogP contribution in [0.3, 0.4) is 0 Å². The Morgan fingerprint density at radius 2 is 2.20 bits per heavy atom. The highest BCUT2D eigenvalue weighted by Gasteiger charge is 2.23. The van der Waals surface area contributed by atoms with E-state index in [0.717, 1.165) is 30.4 Å². The molecule has 0 aliphatic heterocycles. The van der Waals surface area contributed by atoms with Crippen molar-refractivity contribution in [3.63, 3.8) is 0 Å². The minimum Gasteiger partial charge on any atom is -0.480 e. The van der Waals surface area contributed by atoms with E-state index in [2.05, 4.69) is 0 Å². The fraction of sp³-hybridized carbons (Fsp3) is 0.364. The molecule has 1 unspecified atom stereocenters. The van der Waals surface area contributed by atoms with Crippen LogP contribution in [0.1, 0.15) is 29.2 Å². The molecule has 0 spiro atoms. The van der Waals surface area contributed by atoms with Crippen molar-refractivity contribution in [3.05, 3.63) is 33.8 Å². The molecule has 0 amide bonds. The third kappa shape index (κ3) is 1.85. The maximum absolute atomic E-state index is 10.8. The smallest absolute Gasteiger partial charge is 0.325 e. The summed E-state index contributed by atoms with van der Waals surface area (Å²) < 4.78 is 0. The molecule has 1 aromatic carbocycles. The van der Waals surface area contributed by atoms with Gasteiger partial charge in [-0.3, -0.25) is 4.79 Å². The molecule has 1 aliphatic carbocycles. The van der Waals surface area contributed by atoms with E-state index in [1.165, 1.54) is 0 Å². The number of carboxylic acid groups (broad SMARTS) is 1. The fourth-order valence-corrected chi connectivity index (χ4v) is 2.36. The first-order valence-electron chi connectivity index (χ1n) is 4.89. The van der Waals surface area contributed by atoms with Gasteiger partial charge in [-0.25, -0.2) is 0 Å². The predicted octanol–water partition coefficient (Wildman–Crippen LogP) is 1.91. The summed E-state index contributed by atoms with van der Waals surface area (Å²) >= 11 is 5.93. The van der Waals surface area contributed by atoms with Gasteiger partial charge in [-0.1, -0.05) is 11.6 Å². The number of hydrogen-bond donors (Lipinski definition) is 2. The largest absolute Gasteiger partial charge is 0.480 e. The second kappa shape index (κ2) is 3.83. The first kappa shape index (κ1) is 10.5. The number of benzene rings is 1. The summed E-state index contributed by atoms with van der Waals surface area (Å²) in [6, 6.07) is 2.61. The van der Waals surface area contributed by atoms with Crippen LogP contribution in [0.5, 0.6) is 0 Å². The number of rotatable bonds is 2. The number of aryl methyl sites for hydroxylation is 1. The highest BCUT2D eigenvalue weighted by molar-refractivity contribution is 6.30. The Hall–Kier alpha value is -1.06. The van der Waals surface area contributed by atoms with Crippen LogP contribution < -0.4 is 5.73 Å².